The van der Waals surface area contributed by atoms with Crippen LogP contribution < -0.4 is 10.6 Å². The van der Waals surface area contributed by atoms with Gasteiger partial charge in [0.2, 0.25) is 5.91 Å². The Balaban J connectivity index is 1.83. The molecule has 0 bridgehead atoms. The summed E-state index contributed by atoms with van der Waals surface area (Å²) in [7, 11) is 0. The van der Waals surface area contributed by atoms with Crippen LogP contribution in [0, 0.1) is 5.41 Å². The molecular formula is C38H60ClN3O6. The summed E-state index contributed by atoms with van der Waals surface area (Å²) in [6, 6.07) is 2.91. The molecule has 9 nitrogen and oxygen atoms in total. The molecule has 0 radical (unpaired) electrons. The molecule has 1 fully saturated rings. The van der Waals surface area contributed by atoms with Crippen LogP contribution in [-0.2, 0) is 23.9 Å². The van der Waals surface area contributed by atoms with Crippen molar-refractivity contribution in [2.45, 2.75) is 169 Å². The van der Waals surface area contributed by atoms with E-state index < -0.39 is 41.3 Å². The molecule has 0 aromatic heterocycles. The Hall–Kier alpha value is -2.94. The van der Waals surface area contributed by atoms with Crippen LogP contribution in [0.25, 0.3) is 0 Å². The SMILES string of the molecule is CCCCCCCCCCCCCCCCCC(=O)Nc1ccc(Cl)c(NC(=O)C(C(=O)C(C)(C)C)N2C(=O)OC(CCCC)C2=O)c1. The molecule has 1 aromatic carbocycles. The Bertz CT molecular complexity index is 1200. The van der Waals surface area contributed by atoms with E-state index in [0.29, 0.717) is 29.8 Å². The standard InChI is InChI=1S/C38H60ClN3O6/c1-6-8-10-11-12-13-14-15-16-17-18-19-20-21-22-24-32(43)40-28-25-26-29(39)30(27-28)41-35(45)33(34(44)38(3,4)5)42-36(46)31(23-9-7-2)48-37(42)47/h25-27,31,33H,6-24H2,1-5H3,(H,40,43)(H,41,45). The zero-order valence-corrected chi connectivity index (χ0v) is 30.9. The number of nitrogens with zero attached hydrogens (tertiary/aromatic N) is 1. The van der Waals surface area contributed by atoms with Crippen LogP contribution in [0.5, 0.6) is 0 Å². The number of anilines is 2. The third-order valence-corrected chi connectivity index (χ3v) is 9.11. The molecule has 2 rings (SSSR count). The molecule has 2 unspecified atom stereocenters. The van der Waals surface area contributed by atoms with Crippen LogP contribution >= 0.6 is 11.6 Å². The van der Waals surface area contributed by atoms with E-state index in [-0.39, 0.29) is 16.6 Å². The van der Waals surface area contributed by atoms with Gasteiger partial charge in [0, 0.05) is 17.5 Å². The molecule has 1 aromatic rings. The predicted octanol–water partition coefficient (Wildman–Crippen LogP) is 10.00. The van der Waals surface area contributed by atoms with Gasteiger partial charge in [-0.2, -0.15) is 0 Å². The van der Waals surface area contributed by atoms with Crippen molar-refractivity contribution in [3.63, 3.8) is 0 Å². The second-order valence-corrected chi connectivity index (χ2v) is 14.6. The highest BCUT2D eigenvalue weighted by atomic mass is 35.5. The fraction of sp³-hybridized carbons (Fsp3) is 0.711. The van der Waals surface area contributed by atoms with Crippen LogP contribution in [0.4, 0.5) is 16.2 Å². The number of ketones is 1. The number of benzene rings is 1. The lowest BCUT2D eigenvalue weighted by Crippen LogP contribution is -2.55. The third-order valence-electron chi connectivity index (χ3n) is 8.78. The number of rotatable bonds is 24. The molecule has 0 saturated carbocycles. The fourth-order valence-electron chi connectivity index (χ4n) is 5.82. The van der Waals surface area contributed by atoms with Crippen LogP contribution in [0.2, 0.25) is 5.02 Å². The molecule has 2 atom stereocenters. The van der Waals surface area contributed by atoms with Gasteiger partial charge in [-0.25, -0.2) is 9.69 Å². The number of hydrogen-bond donors (Lipinski definition) is 2. The smallest absolute Gasteiger partial charge is 0.418 e. The fourth-order valence-corrected chi connectivity index (χ4v) is 5.99. The van der Waals surface area contributed by atoms with Crippen molar-refractivity contribution in [2.24, 2.45) is 5.41 Å². The van der Waals surface area contributed by atoms with Crippen molar-refractivity contribution in [3.8, 4) is 0 Å². The Morgan fingerprint density at radius 1 is 0.792 bits per heavy atom. The quantitative estimate of drug-likeness (QED) is 0.0823. The molecule has 4 amide bonds. The molecule has 2 N–H and O–H groups in total. The van der Waals surface area contributed by atoms with Gasteiger partial charge in [0.05, 0.1) is 10.7 Å². The average molecular weight is 690 g/mol. The van der Waals surface area contributed by atoms with Crippen molar-refractivity contribution in [3.05, 3.63) is 23.2 Å². The minimum atomic E-state index is -1.74. The van der Waals surface area contributed by atoms with E-state index in [4.69, 9.17) is 16.3 Å². The number of halogens is 1. The lowest BCUT2D eigenvalue weighted by Gasteiger charge is -2.28. The molecule has 0 spiro atoms. The normalized spacial score (nSPS) is 15.4. The number of amides is 4. The van der Waals surface area contributed by atoms with Crippen LogP contribution in [0.3, 0.4) is 0 Å². The molecule has 1 heterocycles. The molecule has 48 heavy (non-hydrogen) atoms. The van der Waals surface area contributed by atoms with Crippen molar-refractivity contribution < 1.29 is 28.7 Å². The van der Waals surface area contributed by atoms with E-state index in [9.17, 15) is 24.0 Å². The van der Waals surface area contributed by atoms with Crippen molar-refractivity contribution in [2.75, 3.05) is 10.6 Å². The van der Waals surface area contributed by atoms with E-state index in [2.05, 4.69) is 17.6 Å². The van der Waals surface area contributed by atoms with E-state index in [1.165, 1.54) is 89.2 Å². The van der Waals surface area contributed by atoms with Gasteiger partial charge in [0.15, 0.2) is 17.9 Å². The number of nitrogens with one attached hydrogen (secondary N) is 2. The Labute approximate surface area is 293 Å². The summed E-state index contributed by atoms with van der Waals surface area (Å²) >= 11 is 6.37. The zero-order chi connectivity index (χ0) is 35.5. The largest absolute Gasteiger partial charge is 0.436 e. The van der Waals surface area contributed by atoms with E-state index in [0.717, 1.165) is 25.7 Å². The highest BCUT2D eigenvalue weighted by molar-refractivity contribution is 6.34. The van der Waals surface area contributed by atoms with Gasteiger partial charge in [-0.1, -0.05) is 143 Å². The maximum Gasteiger partial charge on any atom is 0.418 e. The van der Waals surface area contributed by atoms with Gasteiger partial charge in [-0.3, -0.25) is 19.2 Å². The van der Waals surface area contributed by atoms with Gasteiger partial charge >= 0.3 is 6.09 Å². The second-order valence-electron chi connectivity index (χ2n) is 14.2. The van der Waals surface area contributed by atoms with Crippen molar-refractivity contribution >= 4 is 52.6 Å². The molecule has 1 saturated heterocycles. The summed E-state index contributed by atoms with van der Waals surface area (Å²) in [5, 5.41) is 5.63. The van der Waals surface area contributed by atoms with Gasteiger partial charge in [-0.15, -0.1) is 0 Å². The highest BCUT2D eigenvalue weighted by Gasteiger charge is 2.51. The number of cyclic esters (lactones) is 1. The first-order valence-corrected chi connectivity index (χ1v) is 18.8. The average Bonchev–Trinajstić information content (AvgIpc) is 3.31. The third kappa shape index (κ3) is 14.3. The Morgan fingerprint density at radius 2 is 1.31 bits per heavy atom. The maximum absolute atomic E-state index is 13.6. The first-order chi connectivity index (χ1) is 22.9. The van der Waals surface area contributed by atoms with E-state index in [1.807, 2.05) is 6.92 Å². The summed E-state index contributed by atoms with van der Waals surface area (Å²) in [5.41, 5.74) is -0.479. The number of hydrogen-bond acceptors (Lipinski definition) is 6. The summed E-state index contributed by atoms with van der Waals surface area (Å²) < 4.78 is 5.24. The van der Waals surface area contributed by atoms with Crippen LogP contribution in [0.1, 0.15) is 157 Å². The van der Waals surface area contributed by atoms with Crippen LogP contribution in [-0.4, -0.2) is 46.6 Å². The maximum atomic E-state index is 13.6. The predicted molar refractivity (Wildman–Crippen MR) is 193 cm³/mol. The molecule has 1 aliphatic heterocycles. The Morgan fingerprint density at radius 3 is 1.83 bits per heavy atom. The summed E-state index contributed by atoms with van der Waals surface area (Å²) in [6.07, 6.45) is 18.9. The lowest BCUT2D eigenvalue weighted by atomic mass is 9.85. The van der Waals surface area contributed by atoms with Gasteiger partial charge in [0.1, 0.15) is 0 Å². The summed E-state index contributed by atoms with van der Waals surface area (Å²) in [4.78, 5) is 66.1. The second kappa shape index (κ2) is 21.9. The molecule has 1 aliphatic rings. The lowest BCUT2D eigenvalue weighted by molar-refractivity contribution is -0.144. The number of imide groups is 1. The number of Topliss-reactive ketones (excluding diaryl/α,β-unsaturated/α-hetero) is 1. The van der Waals surface area contributed by atoms with Gasteiger partial charge in [0.25, 0.3) is 11.8 Å². The molecule has 0 aliphatic carbocycles. The van der Waals surface area contributed by atoms with Gasteiger partial charge in [-0.05, 0) is 37.5 Å². The Kier molecular flexibility index (Phi) is 18.8. The van der Waals surface area contributed by atoms with Crippen molar-refractivity contribution in [1.82, 2.24) is 4.90 Å². The first kappa shape index (κ1) is 41.2. The first-order valence-electron chi connectivity index (χ1n) is 18.4. The summed E-state index contributed by atoms with van der Waals surface area (Å²) in [5.74, 6) is -2.37. The van der Waals surface area contributed by atoms with E-state index in [1.54, 1.807) is 26.8 Å². The summed E-state index contributed by atoms with van der Waals surface area (Å²) in [6.45, 7) is 9.03. The van der Waals surface area contributed by atoms with E-state index >= 15 is 0 Å². The minimum absolute atomic E-state index is 0.140. The van der Waals surface area contributed by atoms with Crippen molar-refractivity contribution in [1.29, 1.82) is 0 Å². The zero-order valence-electron chi connectivity index (χ0n) is 30.1. The minimum Gasteiger partial charge on any atom is -0.436 e. The number of carbonyl (C=O) groups is 5. The highest BCUT2D eigenvalue weighted by Crippen LogP contribution is 2.30. The molecular weight excluding hydrogens is 630 g/mol. The van der Waals surface area contributed by atoms with Crippen LogP contribution in [0.15, 0.2) is 18.2 Å². The van der Waals surface area contributed by atoms with Gasteiger partial charge < -0.3 is 15.4 Å². The molecule has 10 heteroatoms. The molecule has 270 valence electrons. The number of unbranched alkanes of at least 4 members (excludes halogenated alkanes) is 15. The topological polar surface area (TPSA) is 122 Å². The number of ether oxygens (including phenoxy) is 1. The number of carbonyl (C=O) groups excluding carboxylic acids is 5. The monoisotopic (exact) mass is 689 g/mol.